The molecule has 0 saturated carbocycles. The van der Waals surface area contributed by atoms with Crippen LogP contribution < -0.4 is 10.6 Å². The number of likely N-dealkylation sites (N-methyl/N-ethyl adjacent to an activating group) is 1. The van der Waals surface area contributed by atoms with Gasteiger partial charge in [0.15, 0.2) is 11.5 Å². The first-order chi connectivity index (χ1) is 11.9. The van der Waals surface area contributed by atoms with Gasteiger partial charge in [-0.2, -0.15) is 0 Å². The smallest absolute Gasteiger partial charge is 0.274 e. The Morgan fingerprint density at radius 1 is 1.28 bits per heavy atom. The summed E-state index contributed by atoms with van der Waals surface area (Å²) in [5.41, 5.74) is 2.08. The highest BCUT2D eigenvalue weighted by Crippen LogP contribution is 2.21. The topological polar surface area (TPSA) is 87.5 Å². The fourth-order valence-electron chi connectivity index (χ4n) is 2.21. The van der Waals surface area contributed by atoms with Gasteiger partial charge in [-0.3, -0.25) is 9.59 Å². The number of hydrogen-bond donors (Lipinski definition) is 2. The number of hydrogen-bond acceptors (Lipinski definition) is 5. The quantitative estimate of drug-likeness (QED) is 0.794. The van der Waals surface area contributed by atoms with Crippen LogP contribution in [0.5, 0.6) is 0 Å². The van der Waals surface area contributed by atoms with Gasteiger partial charge in [0.2, 0.25) is 5.91 Å². The van der Waals surface area contributed by atoms with Crippen molar-refractivity contribution in [2.45, 2.75) is 19.9 Å². The number of nitrogens with zero attached hydrogens (tertiary/aromatic N) is 2. The van der Waals surface area contributed by atoms with Crippen molar-refractivity contribution in [2.24, 2.45) is 0 Å². The van der Waals surface area contributed by atoms with Gasteiger partial charge in [-0.25, -0.2) is 0 Å². The lowest BCUT2D eigenvalue weighted by Gasteiger charge is -2.15. The molecule has 7 nitrogen and oxygen atoms in total. The van der Waals surface area contributed by atoms with E-state index in [4.69, 9.17) is 4.52 Å². The first-order valence-electron chi connectivity index (χ1n) is 8.14. The number of benzene rings is 1. The van der Waals surface area contributed by atoms with Crippen molar-refractivity contribution in [1.29, 1.82) is 0 Å². The lowest BCUT2D eigenvalue weighted by atomic mass is 10.1. The van der Waals surface area contributed by atoms with E-state index in [1.807, 2.05) is 50.2 Å². The van der Waals surface area contributed by atoms with Crippen molar-refractivity contribution in [3.05, 3.63) is 41.6 Å². The van der Waals surface area contributed by atoms with E-state index in [0.29, 0.717) is 12.3 Å². The Labute approximate surface area is 147 Å². The van der Waals surface area contributed by atoms with Crippen molar-refractivity contribution < 1.29 is 14.1 Å². The van der Waals surface area contributed by atoms with E-state index in [1.165, 1.54) is 0 Å². The van der Waals surface area contributed by atoms with Gasteiger partial charge in [0.25, 0.3) is 5.91 Å². The highest BCUT2D eigenvalue weighted by molar-refractivity contribution is 5.96. The average Bonchev–Trinajstić information content (AvgIpc) is 3.04. The number of amides is 2. The first kappa shape index (κ1) is 18.7. The summed E-state index contributed by atoms with van der Waals surface area (Å²) in [6, 6.07) is 8.63. The predicted octanol–water partition coefficient (Wildman–Crippen LogP) is 1.45. The summed E-state index contributed by atoms with van der Waals surface area (Å²) >= 11 is 0. The fraction of sp³-hybridized carbons (Fsp3) is 0.389. The SMILES string of the molecule is Cc1cccc(-c2cc(C(=O)NC(C)C(=O)NCCN(C)C)no2)c1. The lowest BCUT2D eigenvalue weighted by molar-refractivity contribution is -0.122. The van der Waals surface area contributed by atoms with Gasteiger partial charge < -0.3 is 20.1 Å². The minimum Gasteiger partial charge on any atom is -0.355 e. The van der Waals surface area contributed by atoms with Crippen LogP contribution in [-0.4, -0.2) is 55.1 Å². The van der Waals surface area contributed by atoms with E-state index in [2.05, 4.69) is 15.8 Å². The van der Waals surface area contributed by atoms with Crippen molar-refractivity contribution >= 4 is 11.8 Å². The zero-order valence-corrected chi connectivity index (χ0v) is 15.0. The normalized spacial score (nSPS) is 12.0. The molecule has 2 N–H and O–H groups in total. The van der Waals surface area contributed by atoms with Gasteiger partial charge in [0.05, 0.1) is 0 Å². The summed E-state index contributed by atoms with van der Waals surface area (Å²) in [4.78, 5) is 26.2. The van der Waals surface area contributed by atoms with Crippen LogP contribution in [0, 0.1) is 6.92 Å². The van der Waals surface area contributed by atoms with Gasteiger partial charge in [-0.1, -0.05) is 28.9 Å². The number of nitrogens with one attached hydrogen (secondary N) is 2. The van der Waals surface area contributed by atoms with Crippen molar-refractivity contribution in [1.82, 2.24) is 20.7 Å². The van der Waals surface area contributed by atoms with E-state index in [-0.39, 0.29) is 11.6 Å². The van der Waals surface area contributed by atoms with Gasteiger partial charge in [0.1, 0.15) is 6.04 Å². The number of carbonyl (C=O) groups excluding carboxylic acids is 2. The number of rotatable bonds is 7. The molecule has 0 aliphatic rings. The van der Waals surface area contributed by atoms with Gasteiger partial charge in [0, 0.05) is 24.7 Å². The molecule has 7 heteroatoms. The average molecular weight is 344 g/mol. The molecule has 0 aliphatic carbocycles. The van der Waals surface area contributed by atoms with Crippen LogP contribution >= 0.6 is 0 Å². The molecule has 2 rings (SSSR count). The molecule has 1 aromatic heterocycles. The van der Waals surface area contributed by atoms with Crippen molar-refractivity contribution in [3.8, 4) is 11.3 Å². The van der Waals surface area contributed by atoms with E-state index in [1.54, 1.807) is 13.0 Å². The molecule has 25 heavy (non-hydrogen) atoms. The highest BCUT2D eigenvalue weighted by Gasteiger charge is 2.19. The van der Waals surface area contributed by atoms with Gasteiger partial charge in [-0.05, 0) is 34.0 Å². The second-order valence-electron chi connectivity index (χ2n) is 6.24. The Kier molecular flexibility index (Phi) is 6.30. The van der Waals surface area contributed by atoms with E-state index in [9.17, 15) is 9.59 Å². The summed E-state index contributed by atoms with van der Waals surface area (Å²) < 4.78 is 5.24. The van der Waals surface area contributed by atoms with E-state index >= 15 is 0 Å². The standard InChI is InChI=1S/C18H24N4O3/c1-12-6-5-7-14(10-12)16-11-15(21-25-16)18(24)20-13(2)17(23)19-8-9-22(3)4/h5-7,10-11,13H,8-9H2,1-4H3,(H,19,23)(H,20,24). The third kappa shape index (κ3) is 5.42. The number of carbonyl (C=O) groups is 2. The summed E-state index contributed by atoms with van der Waals surface area (Å²) in [6.07, 6.45) is 0. The highest BCUT2D eigenvalue weighted by atomic mass is 16.5. The molecule has 1 unspecified atom stereocenters. The molecular weight excluding hydrogens is 320 g/mol. The molecule has 1 heterocycles. The first-order valence-corrected chi connectivity index (χ1v) is 8.14. The number of aromatic nitrogens is 1. The molecule has 0 bridgehead atoms. The maximum Gasteiger partial charge on any atom is 0.274 e. The van der Waals surface area contributed by atoms with Crippen LogP contribution in [0.4, 0.5) is 0 Å². The number of aryl methyl sites for hydroxylation is 1. The third-order valence-corrected chi connectivity index (χ3v) is 3.64. The molecule has 0 radical (unpaired) electrons. The second-order valence-corrected chi connectivity index (χ2v) is 6.24. The van der Waals surface area contributed by atoms with Crippen LogP contribution in [0.2, 0.25) is 0 Å². The Morgan fingerprint density at radius 3 is 2.72 bits per heavy atom. The van der Waals surface area contributed by atoms with E-state index in [0.717, 1.165) is 17.7 Å². The zero-order chi connectivity index (χ0) is 18.4. The second kappa shape index (κ2) is 8.43. The Balaban J connectivity index is 1.94. The predicted molar refractivity (Wildman–Crippen MR) is 95.2 cm³/mol. The maximum absolute atomic E-state index is 12.2. The van der Waals surface area contributed by atoms with Crippen molar-refractivity contribution in [2.75, 3.05) is 27.2 Å². The molecular formula is C18H24N4O3. The zero-order valence-electron chi connectivity index (χ0n) is 15.0. The van der Waals surface area contributed by atoms with Crippen molar-refractivity contribution in [3.63, 3.8) is 0 Å². The minimum absolute atomic E-state index is 0.143. The maximum atomic E-state index is 12.2. The Bertz CT molecular complexity index is 739. The molecule has 0 aliphatic heterocycles. The Morgan fingerprint density at radius 2 is 2.04 bits per heavy atom. The summed E-state index contributed by atoms with van der Waals surface area (Å²) in [6.45, 7) is 4.86. The minimum atomic E-state index is -0.659. The molecule has 1 aromatic carbocycles. The summed E-state index contributed by atoms with van der Waals surface area (Å²) in [7, 11) is 3.85. The molecule has 2 amide bonds. The van der Waals surface area contributed by atoms with Crippen LogP contribution in [0.15, 0.2) is 34.9 Å². The van der Waals surface area contributed by atoms with Crippen LogP contribution in [0.25, 0.3) is 11.3 Å². The fourth-order valence-corrected chi connectivity index (χ4v) is 2.21. The van der Waals surface area contributed by atoms with Gasteiger partial charge in [-0.15, -0.1) is 0 Å². The van der Waals surface area contributed by atoms with Crippen LogP contribution in [0.1, 0.15) is 23.0 Å². The molecule has 0 saturated heterocycles. The monoisotopic (exact) mass is 344 g/mol. The van der Waals surface area contributed by atoms with Crippen LogP contribution in [0.3, 0.4) is 0 Å². The van der Waals surface area contributed by atoms with Gasteiger partial charge >= 0.3 is 0 Å². The largest absolute Gasteiger partial charge is 0.355 e. The molecule has 1 atom stereocenters. The molecule has 0 fully saturated rings. The molecule has 134 valence electrons. The Hall–Kier alpha value is -2.67. The lowest BCUT2D eigenvalue weighted by Crippen LogP contribution is -2.46. The van der Waals surface area contributed by atoms with Crippen LogP contribution in [-0.2, 0) is 4.79 Å². The third-order valence-electron chi connectivity index (χ3n) is 3.64. The summed E-state index contributed by atoms with van der Waals surface area (Å²) in [5.74, 6) is -0.174. The van der Waals surface area contributed by atoms with E-state index < -0.39 is 11.9 Å². The molecule has 0 spiro atoms. The summed E-state index contributed by atoms with van der Waals surface area (Å²) in [5, 5.41) is 9.19. The molecule has 2 aromatic rings.